The van der Waals surface area contributed by atoms with E-state index in [4.69, 9.17) is 9.84 Å². The van der Waals surface area contributed by atoms with Gasteiger partial charge in [0.15, 0.2) is 0 Å². The van der Waals surface area contributed by atoms with E-state index in [-0.39, 0.29) is 43.4 Å². The van der Waals surface area contributed by atoms with Crippen LogP contribution >= 0.6 is 0 Å². The number of benzene rings is 2. The summed E-state index contributed by atoms with van der Waals surface area (Å²) in [5.41, 5.74) is 0.603. The molecule has 0 spiro atoms. The van der Waals surface area contributed by atoms with Crippen molar-refractivity contribution in [3.05, 3.63) is 65.7 Å². The Morgan fingerprint density at radius 1 is 1.02 bits per heavy atom. The Labute approximate surface area is 236 Å². The summed E-state index contributed by atoms with van der Waals surface area (Å²) in [4.78, 5) is 68.9. The van der Waals surface area contributed by atoms with Gasteiger partial charge in [-0.25, -0.2) is 4.90 Å². The molecule has 0 unspecified atom stereocenters. The van der Waals surface area contributed by atoms with Gasteiger partial charge >= 0.3 is 5.97 Å². The minimum absolute atomic E-state index is 0.0253. The molecule has 10 heteroatoms. The number of carbonyl (C=O) groups excluding carboxylic acids is 4. The van der Waals surface area contributed by atoms with Crippen LogP contribution in [0.1, 0.15) is 37.7 Å². The number of fused-ring (bicyclic) bond motifs is 4. The summed E-state index contributed by atoms with van der Waals surface area (Å²) in [6.07, 6.45) is 2.01. The molecule has 2 aliphatic carbocycles. The zero-order chi connectivity index (χ0) is 29.2. The average molecular weight is 559 g/mol. The van der Waals surface area contributed by atoms with E-state index in [9.17, 15) is 29.1 Å². The van der Waals surface area contributed by atoms with Gasteiger partial charge in [-0.1, -0.05) is 35.9 Å². The molecule has 212 valence electrons. The number of rotatable bonds is 6. The number of aromatic hydroxyl groups is 1. The minimum Gasteiger partial charge on any atom is -0.508 e. The number of nitrogens with zero attached hydrogens (tertiary/aromatic N) is 2. The highest BCUT2D eigenvalue weighted by Gasteiger charge is 2.67. The quantitative estimate of drug-likeness (QED) is 0.407. The van der Waals surface area contributed by atoms with Crippen molar-refractivity contribution in [2.75, 3.05) is 18.6 Å². The molecule has 2 aliphatic heterocycles. The zero-order valence-corrected chi connectivity index (χ0v) is 22.6. The number of methoxy groups -OCH3 is 1. The average Bonchev–Trinajstić information content (AvgIpc) is 3.31. The van der Waals surface area contributed by atoms with Crippen molar-refractivity contribution in [3.63, 3.8) is 0 Å². The van der Waals surface area contributed by atoms with Crippen LogP contribution in [-0.4, -0.2) is 58.4 Å². The Morgan fingerprint density at radius 2 is 1.76 bits per heavy atom. The van der Waals surface area contributed by atoms with E-state index in [1.807, 2.05) is 6.08 Å². The van der Waals surface area contributed by atoms with Crippen LogP contribution in [0.15, 0.2) is 60.2 Å². The first-order valence-corrected chi connectivity index (χ1v) is 13.7. The number of ether oxygens (including phenoxy) is 1. The van der Waals surface area contributed by atoms with Gasteiger partial charge in [-0.15, -0.1) is 0 Å². The van der Waals surface area contributed by atoms with Gasteiger partial charge in [0.2, 0.25) is 23.6 Å². The van der Waals surface area contributed by atoms with Gasteiger partial charge in [-0.3, -0.25) is 28.9 Å². The number of aliphatic carboxylic acids is 1. The van der Waals surface area contributed by atoms with Crippen LogP contribution in [0.4, 0.5) is 5.69 Å². The van der Waals surface area contributed by atoms with Crippen molar-refractivity contribution in [1.82, 2.24) is 4.90 Å². The first kappa shape index (κ1) is 26.7. The second-order valence-electron chi connectivity index (χ2n) is 11.4. The molecule has 4 aliphatic rings. The third-order valence-electron chi connectivity index (χ3n) is 9.46. The lowest BCUT2D eigenvalue weighted by atomic mass is 9.51. The standard InChI is InChI=1S/C31H30N2O8/c1-31-22(28(38)33(30(31)40)16-6-4-3-5-7-16)15-21-18(26(31)19-9-8-17(34)14-23(19)41-2)10-11-20-25(21)29(39)32(27(20)37)13-12-24(35)36/h3-10,14,20-22,25-26,34H,11-13,15H2,1-2H3,(H,35,36)/t20-,21+,22-,25-,26+,31+/m0/s1. The predicted molar refractivity (Wildman–Crippen MR) is 145 cm³/mol. The van der Waals surface area contributed by atoms with Gasteiger partial charge < -0.3 is 14.9 Å². The van der Waals surface area contributed by atoms with E-state index in [0.717, 1.165) is 10.5 Å². The number of allylic oxidation sites excluding steroid dienone is 2. The number of hydrogen-bond acceptors (Lipinski definition) is 7. The van der Waals surface area contributed by atoms with Crippen LogP contribution in [-0.2, 0) is 24.0 Å². The molecule has 4 amide bonds. The van der Waals surface area contributed by atoms with E-state index in [1.54, 1.807) is 43.3 Å². The van der Waals surface area contributed by atoms with Crippen LogP contribution in [0.5, 0.6) is 11.5 Å². The molecule has 2 aromatic rings. The second kappa shape index (κ2) is 9.57. The van der Waals surface area contributed by atoms with Gasteiger partial charge in [0.1, 0.15) is 11.5 Å². The van der Waals surface area contributed by atoms with Gasteiger partial charge in [-0.05, 0) is 43.9 Å². The van der Waals surface area contributed by atoms with Crippen molar-refractivity contribution in [2.45, 2.75) is 32.1 Å². The van der Waals surface area contributed by atoms with Crippen LogP contribution in [0.25, 0.3) is 0 Å². The van der Waals surface area contributed by atoms with Gasteiger partial charge in [0.25, 0.3) is 0 Å². The lowest BCUT2D eigenvalue weighted by Crippen LogP contribution is -2.49. The van der Waals surface area contributed by atoms with Crippen molar-refractivity contribution in [2.24, 2.45) is 29.1 Å². The largest absolute Gasteiger partial charge is 0.508 e. The van der Waals surface area contributed by atoms with Crippen LogP contribution < -0.4 is 9.64 Å². The lowest BCUT2D eigenvalue weighted by molar-refractivity contribution is -0.142. The minimum atomic E-state index is -1.24. The third kappa shape index (κ3) is 3.80. The molecule has 2 heterocycles. The number of carboxylic acid groups (broad SMARTS) is 1. The molecule has 3 fully saturated rings. The first-order chi connectivity index (χ1) is 19.6. The summed E-state index contributed by atoms with van der Waals surface area (Å²) in [5.74, 6) is -5.77. The van der Waals surface area contributed by atoms with Crippen LogP contribution in [0, 0.1) is 29.1 Å². The van der Waals surface area contributed by atoms with Gasteiger partial charge in [-0.2, -0.15) is 0 Å². The topological polar surface area (TPSA) is 142 Å². The summed E-state index contributed by atoms with van der Waals surface area (Å²) in [7, 11) is 1.46. The van der Waals surface area contributed by atoms with Crippen LogP contribution in [0.2, 0.25) is 0 Å². The van der Waals surface area contributed by atoms with Crippen molar-refractivity contribution < 1.29 is 38.9 Å². The molecule has 6 atom stereocenters. The SMILES string of the molecule is COc1cc(O)ccc1[C@H]1C2=CC[C@@H]3C(=O)N(CCC(=O)O)C(=O)[C@@H]3[C@@H]2C[C@H]2C(=O)N(c3ccccc3)C(=O)[C@@]12C. The molecule has 10 nitrogen and oxygen atoms in total. The fourth-order valence-corrected chi connectivity index (χ4v) is 7.61. The van der Waals surface area contributed by atoms with Gasteiger partial charge in [0, 0.05) is 24.1 Å². The molecule has 0 radical (unpaired) electrons. The number of hydrogen-bond donors (Lipinski definition) is 2. The van der Waals surface area contributed by atoms with Crippen molar-refractivity contribution in [1.29, 1.82) is 0 Å². The van der Waals surface area contributed by atoms with E-state index in [2.05, 4.69) is 0 Å². The molecule has 41 heavy (non-hydrogen) atoms. The fourth-order valence-electron chi connectivity index (χ4n) is 7.61. The summed E-state index contributed by atoms with van der Waals surface area (Å²) >= 11 is 0. The maximum absolute atomic E-state index is 14.3. The molecule has 2 N–H and O–H groups in total. The number of imide groups is 2. The smallest absolute Gasteiger partial charge is 0.305 e. The number of carboxylic acids is 1. The maximum atomic E-state index is 14.3. The number of phenolic OH excluding ortho intramolecular Hbond substituents is 1. The normalized spacial score (nSPS) is 30.6. The summed E-state index contributed by atoms with van der Waals surface area (Å²) < 4.78 is 5.64. The lowest BCUT2D eigenvalue weighted by Gasteiger charge is -2.49. The summed E-state index contributed by atoms with van der Waals surface area (Å²) in [6.45, 7) is 1.57. The molecule has 2 saturated heterocycles. The van der Waals surface area contributed by atoms with E-state index in [0.29, 0.717) is 17.0 Å². The van der Waals surface area contributed by atoms with Gasteiger partial charge in [0.05, 0.1) is 42.4 Å². The molecule has 6 rings (SSSR count). The Morgan fingerprint density at radius 3 is 2.44 bits per heavy atom. The Balaban J connectivity index is 1.50. The van der Waals surface area contributed by atoms with E-state index in [1.165, 1.54) is 24.1 Å². The summed E-state index contributed by atoms with van der Waals surface area (Å²) in [6, 6.07) is 13.3. The number of amides is 4. The summed E-state index contributed by atoms with van der Waals surface area (Å²) in [5, 5.41) is 19.4. The highest BCUT2D eigenvalue weighted by atomic mass is 16.5. The molecular formula is C31H30N2O8. The Kier molecular flexibility index (Phi) is 6.24. The number of likely N-dealkylation sites (tertiary alicyclic amines) is 1. The molecule has 2 aromatic carbocycles. The first-order valence-electron chi connectivity index (χ1n) is 13.7. The number of phenols is 1. The fraction of sp³-hybridized carbons (Fsp3) is 0.387. The van der Waals surface area contributed by atoms with E-state index < -0.39 is 52.8 Å². The number of para-hydroxylation sites is 1. The number of anilines is 1. The Hall–Kier alpha value is -4.47. The maximum Gasteiger partial charge on any atom is 0.305 e. The molecule has 1 saturated carbocycles. The van der Waals surface area contributed by atoms with Crippen molar-refractivity contribution >= 4 is 35.3 Å². The monoisotopic (exact) mass is 558 g/mol. The highest BCUT2D eigenvalue weighted by Crippen LogP contribution is 2.64. The highest BCUT2D eigenvalue weighted by molar-refractivity contribution is 6.24. The van der Waals surface area contributed by atoms with Crippen LogP contribution in [0.3, 0.4) is 0 Å². The zero-order valence-electron chi connectivity index (χ0n) is 22.6. The third-order valence-corrected chi connectivity index (χ3v) is 9.46. The molecular weight excluding hydrogens is 528 g/mol. The number of carbonyl (C=O) groups is 5. The molecule has 0 bridgehead atoms. The van der Waals surface area contributed by atoms with E-state index >= 15 is 0 Å². The molecule has 0 aromatic heterocycles. The predicted octanol–water partition coefficient (Wildman–Crippen LogP) is 3.11. The second-order valence-corrected chi connectivity index (χ2v) is 11.4. The Bertz CT molecular complexity index is 1520. The van der Waals surface area contributed by atoms with Crippen molar-refractivity contribution in [3.8, 4) is 11.5 Å².